The second-order valence-electron chi connectivity index (χ2n) is 5.00. The molecule has 1 aromatic heterocycles. The van der Waals surface area contributed by atoms with Crippen LogP contribution in [0.1, 0.15) is 29.1 Å². The number of hydrogen-bond acceptors (Lipinski definition) is 3. The number of hydrogen-bond donors (Lipinski definition) is 1. The first kappa shape index (κ1) is 13.7. The zero-order valence-corrected chi connectivity index (χ0v) is 11.9. The van der Waals surface area contributed by atoms with Crippen LogP contribution in [-0.2, 0) is 6.42 Å². The molecule has 100 valence electrons. The Morgan fingerprint density at radius 2 is 1.79 bits per heavy atom. The number of benzene rings is 1. The van der Waals surface area contributed by atoms with Gasteiger partial charge in [0.1, 0.15) is 5.82 Å². The summed E-state index contributed by atoms with van der Waals surface area (Å²) in [6.45, 7) is 6.94. The van der Waals surface area contributed by atoms with Gasteiger partial charge in [0, 0.05) is 17.7 Å². The van der Waals surface area contributed by atoms with Gasteiger partial charge in [-0.1, -0.05) is 12.1 Å². The predicted octanol–water partition coefficient (Wildman–Crippen LogP) is 2.96. The molecule has 0 amide bonds. The Hall–Kier alpha value is -1.74. The van der Waals surface area contributed by atoms with Gasteiger partial charge >= 0.3 is 0 Å². The second kappa shape index (κ2) is 5.93. The molecule has 2 N–H and O–H groups in total. The molecule has 0 unspecified atom stereocenters. The summed E-state index contributed by atoms with van der Waals surface area (Å²) in [7, 11) is 0. The lowest BCUT2D eigenvalue weighted by molar-refractivity contribution is 0.777. The van der Waals surface area contributed by atoms with E-state index in [-0.39, 0.29) is 0 Å². The number of rotatable bonds is 4. The van der Waals surface area contributed by atoms with Crippen LogP contribution in [-0.4, -0.2) is 16.5 Å². The van der Waals surface area contributed by atoms with Gasteiger partial charge in [0.2, 0.25) is 0 Å². The molecule has 0 spiro atoms. The van der Waals surface area contributed by atoms with E-state index < -0.39 is 0 Å². The molecule has 1 heterocycles. The van der Waals surface area contributed by atoms with Crippen molar-refractivity contribution in [1.29, 1.82) is 0 Å². The molecule has 0 saturated carbocycles. The van der Waals surface area contributed by atoms with E-state index in [2.05, 4.69) is 42.0 Å². The van der Waals surface area contributed by atoms with Gasteiger partial charge in [0.25, 0.3) is 0 Å². The van der Waals surface area contributed by atoms with Gasteiger partial charge in [-0.15, -0.1) is 0 Å². The Labute approximate surface area is 114 Å². The number of nitrogens with two attached hydrogens (primary N) is 1. The van der Waals surface area contributed by atoms with Crippen LogP contribution in [0.15, 0.2) is 24.3 Å². The van der Waals surface area contributed by atoms with E-state index in [4.69, 9.17) is 5.73 Å². The van der Waals surface area contributed by atoms with Crippen molar-refractivity contribution < 1.29 is 0 Å². The summed E-state index contributed by atoms with van der Waals surface area (Å²) in [6.07, 6.45) is 1.77. The standard InChI is InChI=1S/C16H21N3/c1-11-6-7-14(9-12(11)2)15-10-13(3)18-16(19-15)5-4-8-17/h6-7,9-10H,4-5,8,17H2,1-3H3. The Kier molecular flexibility index (Phi) is 4.27. The first-order valence-corrected chi connectivity index (χ1v) is 6.72. The Morgan fingerprint density at radius 1 is 1.00 bits per heavy atom. The fraction of sp³-hybridized carbons (Fsp3) is 0.375. The lowest BCUT2D eigenvalue weighted by Crippen LogP contribution is -2.04. The van der Waals surface area contributed by atoms with Crippen molar-refractivity contribution >= 4 is 0 Å². The number of aryl methyl sites for hydroxylation is 4. The van der Waals surface area contributed by atoms with Gasteiger partial charge in [0.05, 0.1) is 5.69 Å². The molecule has 0 aliphatic carbocycles. The van der Waals surface area contributed by atoms with Crippen LogP contribution < -0.4 is 5.73 Å². The minimum absolute atomic E-state index is 0.677. The molecule has 0 radical (unpaired) electrons. The fourth-order valence-electron chi connectivity index (χ4n) is 2.05. The van der Waals surface area contributed by atoms with Crippen molar-refractivity contribution in [2.45, 2.75) is 33.6 Å². The third-order valence-corrected chi connectivity index (χ3v) is 3.31. The van der Waals surface area contributed by atoms with E-state index in [1.807, 2.05) is 13.0 Å². The van der Waals surface area contributed by atoms with Crippen molar-refractivity contribution in [2.75, 3.05) is 6.54 Å². The number of nitrogens with zero attached hydrogens (tertiary/aromatic N) is 2. The van der Waals surface area contributed by atoms with Crippen molar-refractivity contribution in [3.63, 3.8) is 0 Å². The lowest BCUT2D eigenvalue weighted by Gasteiger charge is -2.08. The Morgan fingerprint density at radius 3 is 2.47 bits per heavy atom. The Bertz CT molecular complexity index is 576. The SMILES string of the molecule is Cc1cc(-c2ccc(C)c(C)c2)nc(CCCN)n1. The highest BCUT2D eigenvalue weighted by atomic mass is 14.9. The maximum atomic E-state index is 5.54. The molecule has 2 rings (SSSR count). The van der Waals surface area contributed by atoms with Crippen molar-refractivity contribution in [1.82, 2.24) is 9.97 Å². The Balaban J connectivity index is 2.37. The van der Waals surface area contributed by atoms with Crippen molar-refractivity contribution in [3.05, 3.63) is 46.9 Å². The zero-order valence-electron chi connectivity index (χ0n) is 11.9. The molecule has 0 bridgehead atoms. The first-order chi connectivity index (χ1) is 9.10. The van der Waals surface area contributed by atoms with E-state index in [1.165, 1.54) is 11.1 Å². The molecule has 3 nitrogen and oxygen atoms in total. The monoisotopic (exact) mass is 255 g/mol. The topological polar surface area (TPSA) is 51.8 Å². The van der Waals surface area contributed by atoms with Crippen LogP contribution in [0.3, 0.4) is 0 Å². The molecule has 19 heavy (non-hydrogen) atoms. The van der Waals surface area contributed by atoms with Gasteiger partial charge in [0.15, 0.2) is 0 Å². The highest BCUT2D eigenvalue weighted by molar-refractivity contribution is 5.61. The fourth-order valence-corrected chi connectivity index (χ4v) is 2.05. The summed E-state index contributed by atoms with van der Waals surface area (Å²) >= 11 is 0. The van der Waals surface area contributed by atoms with Crippen LogP contribution >= 0.6 is 0 Å². The lowest BCUT2D eigenvalue weighted by atomic mass is 10.0. The van der Waals surface area contributed by atoms with Gasteiger partial charge in [-0.2, -0.15) is 0 Å². The van der Waals surface area contributed by atoms with Gasteiger partial charge in [-0.3, -0.25) is 0 Å². The van der Waals surface area contributed by atoms with Crippen LogP contribution in [0, 0.1) is 20.8 Å². The molecule has 0 fully saturated rings. The summed E-state index contributed by atoms with van der Waals surface area (Å²) in [6, 6.07) is 8.48. The van der Waals surface area contributed by atoms with Crippen LogP contribution in [0.5, 0.6) is 0 Å². The molecule has 0 aliphatic rings. The summed E-state index contributed by atoms with van der Waals surface area (Å²) in [5, 5.41) is 0. The average molecular weight is 255 g/mol. The normalized spacial score (nSPS) is 10.7. The predicted molar refractivity (Wildman–Crippen MR) is 79.1 cm³/mol. The van der Waals surface area contributed by atoms with E-state index in [9.17, 15) is 0 Å². The van der Waals surface area contributed by atoms with Gasteiger partial charge in [-0.25, -0.2) is 9.97 Å². The largest absolute Gasteiger partial charge is 0.330 e. The quantitative estimate of drug-likeness (QED) is 0.913. The van der Waals surface area contributed by atoms with E-state index in [0.29, 0.717) is 6.54 Å². The van der Waals surface area contributed by atoms with Gasteiger partial charge in [-0.05, 0) is 57.0 Å². The summed E-state index contributed by atoms with van der Waals surface area (Å²) in [5.41, 5.74) is 11.3. The second-order valence-corrected chi connectivity index (χ2v) is 5.00. The smallest absolute Gasteiger partial charge is 0.129 e. The van der Waals surface area contributed by atoms with Crippen molar-refractivity contribution in [2.24, 2.45) is 5.73 Å². The van der Waals surface area contributed by atoms with Gasteiger partial charge < -0.3 is 5.73 Å². The van der Waals surface area contributed by atoms with Crippen LogP contribution in [0.25, 0.3) is 11.3 Å². The van der Waals surface area contributed by atoms with Crippen LogP contribution in [0.2, 0.25) is 0 Å². The molecule has 3 heteroatoms. The average Bonchev–Trinajstić information content (AvgIpc) is 2.39. The minimum atomic E-state index is 0.677. The molecular formula is C16H21N3. The van der Waals surface area contributed by atoms with E-state index in [1.54, 1.807) is 0 Å². The first-order valence-electron chi connectivity index (χ1n) is 6.72. The molecule has 0 atom stereocenters. The molecular weight excluding hydrogens is 234 g/mol. The van der Waals surface area contributed by atoms with Crippen LogP contribution in [0.4, 0.5) is 0 Å². The summed E-state index contributed by atoms with van der Waals surface area (Å²) in [4.78, 5) is 9.12. The highest BCUT2D eigenvalue weighted by Gasteiger charge is 2.05. The highest BCUT2D eigenvalue weighted by Crippen LogP contribution is 2.21. The van der Waals surface area contributed by atoms with E-state index in [0.717, 1.165) is 35.6 Å². The maximum absolute atomic E-state index is 5.54. The van der Waals surface area contributed by atoms with Crippen molar-refractivity contribution in [3.8, 4) is 11.3 Å². The minimum Gasteiger partial charge on any atom is -0.330 e. The molecule has 2 aromatic rings. The zero-order chi connectivity index (χ0) is 13.8. The molecule has 0 saturated heterocycles. The third-order valence-electron chi connectivity index (χ3n) is 3.31. The molecule has 1 aromatic carbocycles. The summed E-state index contributed by atoms with van der Waals surface area (Å²) in [5.74, 6) is 0.888. The molecule has 0 aliphatic heterocycles. The number of aromatic nitrogens is 2. The van der Waals surface area contributed by atoms with E-state index >= 15 is 0 Å². The maximum Gasteiger partial charge on any atom is 0.129 e. The summed E-state index contributed by atoms with van der Waals surface area (Å²) < 4.78 is 0. The third kappa shape index (κ3) is 3.38.